The fourth-order valence-electron chi connectivity index (χ4n) is 1.22. The summed E-state index contributed by atoms with van der Waals surface area (Å²) in [5.41, 5.74) is 5.62. The average molecular weight is 228 g/mol. The third-order valence-corrected chi connectivity index (χ3v) is 2.22. The zero-order valence-electron chi connectivity index (χ0n) is 9.61. The van der Waals surface area contributed by atoms with Gasteiger partial charge in [-0.25, -0.2) is 4.79 Å². The van der Waals surface area contributed by atoms with Crippen molar-refractivity contribution < 1.29 is 14.7 Å². The molecule has 92 valence electrons. The van der Waals surface area contributed by atoms with Crippen LogP contribution >= 0.6 is 0 Å². The molecule has 0 spiro atoms. The first-order valence-corrected chi connectivity index (χ1v) is 5.42. The van der Waals surface area contributed by atoms with Crippen molar-refractivity contribution in [2.24, 2.45) is 5.73 Å². The number of hydrogen-bond acceptors (Lipinski definition) is 3. The molecule has 0 aromatic rings. The van der Waals surface area contributed by atoms with Gasteiger partial charge in [0, 0.05) is 0 Å². The van der Waals surface area contributed by atoms with Crippen molar-refractivity contribution in [1.82, 2.24) is 5.32 Å². The minimum Gasteiger partial charge on any atom is -0.480 e. The molecule has 0 saturated heterocycles. The normalized spacial score (nSPS) is 13.9. The monoisotopic (exact) mass is 228 g/mol. The summed E-state index contributed by atoms with van der Waals surface area (Å²) < 4.78 is 0. The molecule has 2 atom stereocenters. The van der Waals surface area contributed by atoms with Crippen molar-refractivity contribution in [3.63, 3.8) is 0 Å². The van der Waals surface area contributed by atoms with E-state index in [1.807, 2.05) is 6.92 Å². The van der Waals surface area contributed by atoms with Gasteiger partial charge in [-0.1, -0.05) is 25.8 Å². The molecule has 0 aromatic carbocycles. The molecule has 5 heteroatoms. The molecule has 0 radical (unpaired) electrons. The highest BCUT2D eigenvalue weighted by atomic mass is 16.4. The second-order valence-corrected chi connectivity index (χ2v) is 3.67. The van der Waals surface area contributed by atoms with E-state index in [4.69, 9.17) is 10.8 Å². The third kappa shape index (κ3) is 5.50. The van der Waals surface area contributed by atoms with Crippen LogP contribution < -0.4 is 11.1 Å². The van der Waals surface area contributed by atoms with Crippen LogP contribution in [-0.4, -0.2) is 29.1 Å². The molecule has 4 N–H and O–H groups in total. The maximum Gasteiger partial charge on any atom is 0.326 e. The van der Waals surface area contributed by atoms with Crippen LogP contribution in [0.3, 0.4) is 0 Å². The predicted octanol–water partition coefficient (Wildman–Crippen LogP) is 0.649. The quantitative estimate of drug-likeness (QED) is 0.532. The van der Waals surface area contributed by atoms with E-state index in [-0.39, 0.29) is 6.42 Å². The number of unbranched alkanes of at least 4 members (excludes halogenated alkanes) is 1. The predicted molar refractivity (Wildman–Crippen MR) is 61.9 cm³/mol. The minimum atomic E-state index is -1.07. The lowest BCUT2D eigenvalue weighted by molar-refractivity contribution is -0.141. The van der Waals surface area contributed by atoms with Crippen molar-refractivity contribution in [1.29, 1.82) is 0 Å². The zero-order valence-corrected chi connectivity index (χ0v) is 9.61. The van der Waals surface area contributed by atoms with Crippen LogP contribution in [0.1, 0.15) is 32.6 Å². The molecule has 0 aliphatic rings. The van der Waals surface area contributed by atoms with Crippen LogP contribution in [0.4, 0.5) is 0 Å². The Morgan fingerprint density at radius 1 is 1.56 bits per heavy atom. The second kappa shape index (κ2) is 7.87. The third-order valence-electron chi connectivity index (χ3n) is 2.22. The summed E-state index contributed by atoms with van der Waals surface area (Å²) in [5.74, 6) is -1.49. The molecule has 0 aliphatic heterocycles. The molecule has 0 bridgehead atoms. The van der Waals surface area contributed by atoms with Crippen molar-refractivity contribution in [2.75, 3.05) is 0 Å². The molecule has 0 fully saturated rings. The molecule has 0 aliphatic carbocycles. The van der Waals surface area contributed by atoms with E-state index in [2.05, 4.69) is 11.9 Å². The second-order valence-electron chi connectivity index (χ2n) is 3.67. The smallest absolute Gasteiger partial charge is 0.326 e. The molecule has 0 aromatic heterocycles. The summed E-state index contributed by atoms with van der Waals surface area (Å²) in [5, 5.41) is 11.2. The highest BCUT2D eigenvalue weighted by Crippen LogP contribution is 2.00. The molecule has 1 unspecified atom stereocenters. The molecular weight excluding hydrogens is 208 g/mol. The highest BCUT2D eigenvalue weighted by Gasteiger charge is 2.21. The maximum absolute atomic E-state index is 11.5. The lowest BCUT2D eigenvalue weighted by Crippen LogP contribution is -2.48. The number of carbonyl (C=O) groups excluding carboxylic acids is 1. The fourth-order valence-corrected chi connectivity index (χ4v) is 1.22. The Morgan fingerprint density at radius 2 is 2.19 bits per heavy atom. The molecule has 0 saturated carbocycles. The highest BCUT2D eigenvalue weighted by molar-refractivity contribution is 5.86. The summed E-state index contributed by atoms with van der Waals surface area (Å²) in [7, 11) is 0. The van der Waals surface area contributed by atoms with Crippen molar-refractivity contribution >= 4 is 11.9 Å². The minimum absolute atomic E-state index is 0.196. The van der Waals surface area contributed by atoms with Crippen molar-refractivity contribution in [2.45, 2.75) is 44.7 Å². The first-order chi connectivity index (χ1) is 7.52. The average Bonchev–Trinajstić information content (AvgIpc) is 2.24. The first kappa shape index (κ1) is 14.6. The molecule has 0 rings (SSSR count). The summed E-state index contributed by atoms with van der Waals surface area (Å²) in [4.78, 5) is 22.3. The fraction of sp³-hybridized carbons (Fsp3) is 0.636. The summed E-state index contributed by atoms with van der Waals surface area (Å²) in [6.45, 7) is 5.44. The van der Waals surface area contributed by atoms with Gasteiger partial charge in [-0.05, 0) is 12.8 Å². The number of rotatable bonds is 8. The van der Waals surface area contributed by atoms with E-state index < -0.39 is 24.0 Å². The Bertz CT molecular complexity index is 254. The van der Waals surface area contributed by atoms with Gasteiger partial charge in [0.2, 0.25) is 5.91 Å². The van der Waals surface area contributed by atoms with Gasteiger partial charge < -0.3 is 16.2 Å². The molecule has 1 amide bonds. The van der Waals surface area contributed by atoms with Crippen molar-refractivity contribution in [3.05, 3.63) is 12.7 Å². The van der Waals surface area contributed by atoms with Gasteiger partial charge in [0.05, 0.1) is 6.04 Å². The molecular formula is C11H20N2O3. The largest absolute Gasteiger partial charge is 0.480 e. The number of hydrogen-bond donors (Lipinski definition) is 3. The van der Waals surface area contributed by atoms with E-state index in [1.165, 1.54) is 6.08 Å². The lowest BCUT2D eigenvalue weighted by Gasteiger charge is -2.16. The van der Waals surface area contributed by atoms with Gasteiger partial charge in [0.1, 0.15) is 6.04 Å². The number of carboxylic acids is 1. The van der Waals surface area contributed by atoms with Crippen molar-refractivity contribution in [3.8, 4) is 0 Å². The van der Waals surface area contributed by atoms with Gasteiger partial charge in [-0.2, -0.15) is 0 Å². The summed E-state index contributed by atoms with van der Waals surface area (Å²) in [6.07, 6.45) is 4.03. The number of amides is 1. The van der Waals surface area contributed by atoms with E-state index in [1.54, 1.807) is 0 Å². The lowest BCUT2D eigenvalue weighted by atomic mass is 10.1. The van der Waals surface area contributed by atoms with E-state index >= 15 is 0 Å². The maximum atomic E-state index is 11.5. The van der Waals surface area contributed by atoms with Crippen LogP contribution in [0, 0.1) is 0 Å². The SMILES string of the molecule is C=CCC(NC(=O)[C@@H](N)CCCC)C(=O)O. The Kier molecular flexibility index (Phi) is 7.20. The Hall–Kier alpha value is -1.36. The van der Waals surface area contributed by atoms with Gasteiger partial charge in [0.15, 0.2) is 0 Å². The van der Waals surface area contributed by atoms with Gasteiger partial charge in [0.25, 0.3) is 0 Å². The molecule has 16 heavy (non-hydrogen) atoms. The van der Waals surface area contributed by atoms with Crippen LogP contribution in [-0.2, 0) is 9.59 Å². The summed E-state index contributed by atoms with van der Waals surface area (Å²) >= 11 is 0. The Labute approximate surface area is 95.7 Å². The van der Waals surface area contributed by atoms with Gasteiger partial charge >= 0.3 is 5.97 Å². The first-order valence-electron chi connectivity index (χ1n) is 5.42. The van der Waals surface area contributed by atoms with Gasteiger partial charge in [-0.15, -0.1) is 6.58 Å². The number of carbonyl (C=O) groups is 2. The number of nitrogens with one attached hydrogen (secondary N) is 1. The van der Waals surface area contributed by atoms with E-state index in [0.717, 1.165) is 12.8 Å². The van der Waals surface area contributed by atoms with Gasteiger partial charge in [-0.3, -0.25) is 4.79 Å². The number of nitrogens with two attached hydrogens (primary N) is 1. The molecule has 0 heterocycles. The topological polar surface area (TPSA) is 92.4 Å². The van der Waals surface area contributed by atoms with Crippen LogP contribution in [0.15, 0.2) is 12.7 Å². The standard InChI is InChI=1S/C11H20N2O3/c1-3-5-7-8(12)10(14)13-9(6-4-2)11(15)16/h4,8-9H,2-3,5-7,12H2,1H3,(H,13,14)(H,15,16)/t8-,9?/m0/s1. The Morgan fingerprint density at radius 3 is 2.62 bits per heavy atom. The van der Waals surface area contributed by atoms with Crippen LogP contribution in [0.2, 0.25) is 0 Å². The zero-order chi connectivity index (χ0) is 12.6. The van der Waals surface area contributed by atoms with Crippen LogP contribution in [0.25, 0.3) is 0 Å². The number of aliphatic carboxylic acids is 1. The van der Waals surface area contributed by atoms with E-state index in [0.29, 0.717) is 6.42 Å². The van der Waals surface area contributed by atoms with Crippen LogP contribution in [0.5, 0.6) is 0 Å². The molecule has 5 nitrogen and oxygen atoms in total. The number of carboxylic acid groups (broad SMARTS) is 1. The Balaban J connectivity index is 4.17. The summed E-state index contributed by atoms with van der Waals surface area (Å²) in [6, 6.07) is -1.57. The van der Waals surface area contributed by atoms with E-state index in [9.17, 15) is 9.59 Å².